The van der Waals surface area contributed by atoms with Crippen molar-refractivity contribution in [2.75, 3.05) is 19.6 Å². The first-order valence-electron chi connectivity index (χ1n) is 6.35. The van der Waals surface area contributed by atoms with Gasteiger partial charge in [-0.1, -0.05) is 41.9 Å². The fraction of sp³-hybridized carbons (Fsp3) is 0.571. The van der Waals surface area contributed by atoms with E-state index in [0.29, 0.717) is 12.0 Å². The molecule has 0 aliphatic carbocycles. The van der Waals surface area contributed by atoms with Crippen molar-refractivity contribution in [1.29, 1.82) is 0 Å². The van der Waals surface area contributed by atoms with Gasteiger partial charge in [-0.25, -0.2) is 0 Å². The van der Waals surface area contributed by atoms with E-state index < -0.39 is 0 Å². The third-order valence-electron chi connectivity index (χ3n) is 3.39. The van der Waals surface area contributed by atoms with E-state index in [-0.39, 0.29) is 0 Å². The Kier molecular flexibility index (Phi) is 4.60. The Bertz CT molecular complexity index is 365. The maximum absolute atomic E-state index is 3.59. The van der Waals surface area contributed by atoms with E-state index in [1.807, 2.05) is 0 Å². The van der Waals surface area contributed by atoms with Crippen molar-refractivity contribution in [2.45, 2.75) is 26.4 Å². The molecule has 1 N–H and O–H groups in total. The zero-order valence-electron chi connectivity index (χ0n) is 10.6. The van der Waals surface area contributed by atoms with Gasteiger partial charge < -0.3 is 5.32 Å². The molecule has 1 fully saturated rings. The van der Waals surface area contributed by atoms with Gasteiger partial charge in [0.2, 0.25) is 0 Å². The molecule has 1 atom stereocenters. The topological polar surface area (TPSA) is 15.3 Å². The second-order valence-electron chi connectivity index (χ2n) is 5.17. The van der Waals surface area contributed by atoms with Gasteiger partial charge in [0.05, 0.1) is 0 Å². The van der Waals surface area contributed by atoms with Crippen molar-refractivity contribution in [3.63, 3.8) is 0 Å². The van der Waals surface area contributed by atoms with Crippen molar-refractivity contribution in [3.8, 4) is 0 Å². The minimum absolute atomic E-state index is 0.635. The van der Waals surface area contributed by atoms with Gasteiger partial charge in [0.1, 0.15) is 0 Å². The molecule has 2 nitrogen and oxygen atoms in total. The van der Waals surface area contributed by atoms with Crippen molar-refractivity contribution in [1.82, 2.24) is 10.2 Å². The third-order valence-corrected chi connectivity index (χ3v) is 3.88. The van der Waals surface area contributed by atoms with E-state index in [9.17, 15) is 0 Å². The van der Waals surface area contributed by atoms with Crippen LogP contribution in [0.15, 0.2) is 28.7 Å². The second kappa shape index (κ2) is 5.98. The zero-order valence-corrected chi connectivity index (χ0v) is 12.2. The summed E-state index contributed by atoms with van der Waals surface area (Å²) >= 11 is 3.53. The Labute approximate surface area is 113 Å². The Morgan fingerprint density at radius 1 is 1.47 bits per heavy atom. The van der Waals surface area contributed by atoms with Crippen LogP contribution in [0.3, 0.4) is 0 Å². The van der Waals surface area contributed by atoms with Gasteiger partial charge in [0.15, 0.2) is 0 Å². The number of nitrogens with one attached hydrogen (secondary N) is 1. The van der Waals surface area contributed by atoms with Crippen LogP contribution in [-0.4, -0.2) is 30.6 Å². The monoisotopic (exact) mass is 296 g/mol. The van der Waals surface area contributed by atoms with Crippen molar-refractivity contribution in [2.24, 2.45) is 5.92 Å². The van der Waals surface area contributed by atoms with Crippen LogP contribution in [0.4, 0.5) is 0 Å². The molecule has 0 amide bonds. The zero-order chi connectivity index (χ0) is 12.3. The molecule has 1 aliphatic heterocycles. The molecule has 1 aromatic rings. The van der Waals surface area contributed by atoms with Gasteiger partial charge in [-0.15, -0.1) is 0 Å². The maximum atomic E-state index is 3.59. The lowest BCUT2D eigenvalue weighted by molar-refractivity contribution is 0.168. The average Bonchev–Trinajstić information content (AvgIpc) is 2.29. The number of halogens is 1. The number of benzene rings is 1. The number of hydrogen-bond donors (Lipinski definition) is 1. The van der Waals surface area contributed by atoms with Crippen molar-refractivity contribution < 1.29 is 0 Å². The minimum Gasteiger partial charge on any atom is -0.311 e. The second-order valence-corrected chi connectivity index (χ2v) is 6.09. The van der Waals surface area contributed by atoms with Gasteiger partial charge in [0.25, 0.3) is 0 Å². The highest BCUT2D eigenvalue weighted by Crippen LogP contribution is 2.15. The summed E-state index contributed by atoms with van der Waals surface area (Å²) in [6, 6.07) is 9.25. The smallest absolute Gasteiger partial charge is 0.0235 e. The molecule has 2 rings (SSSR count). The molecule has 1 aliphatic rings. The lowest BCUT2D eigenvalue weighted by Crippen LogP contribution is -2.52. The summed E-state index contributed by atoms with van der Waals surface area (Å²) in [5, 5.41) is 3.59. The van der Waals surface area contributed by atoms with Gasteiger partial charge in [-0.3, -0.25) is 4.90 Å². The number of hydrogen-bond acceptors (Lipinski definition) is 2. The predicted molar refractivity (Wildman–Crippen MR) is 76.0 cm³/mol. The summed E-state index contributed by atoms with van der Waals surface area (Å²) in [6.45, 7) is 9.06. The molecule has 0 saturated carbocycles. The van der Waals surface area contributed by atoms with E-state index in [1.54, 1.807) is 0 Å². The largest absolute Gasteiger partial charge is 0.311 e. The van der Waals surface area contributed by atoms with E-state index in [0.717, 1.165) is 26.2 Å². The van der Waals surface area contributed by atoms with E-state index in [1.165, 1.54) is 10.0 Å². The molecular formula is C14H21BrN2. The fourth-order valence-corrected chi connectivity index (χ4v) is 2.77. The summed E-state index contributed by atoms with van der Waals surface area (Å²) in [4.78, 5) is 2.54. The molecule has 3 heteroatoms. The number of nitrogens with zero attached hydrogens (tertiary/aromatic N) is 1. The van der Waals surface area contributed by atoms with Crippen LogP contribution in [-0.2, 0) is 6.54 Å². The Morgan fingerprint density at radius 3 is 3.00 bits per heavy atom. The summed E-state index contributed by atoms with van der Waals surface area (Å²) in [5.74, 6) is 0.709. The highest BCUT2D eigenvalue weighted by Gasteiger charge is 2.21. The molecule has 17 heavy (non-hydrogen) atoms. The van der Waals surface area contributed by atoms with Crippen LogP contribution in [0.1, 0.15) is 19.4 Å². The highest BCUT2D eigenvalue weighted by atomic mass is 79.9. The first kappa shape index (κ1) is 13.1. The SMILES string of the molecule is CC(C)C1CN(Cc2cccc(Br)c2)CCN1. The summed E-state index contributed by atoms with van der Waals surface area (Å²) in [7, 11) is 0. The van der Waals surface area contributed by atoms with Crippen molar-refractivity contribution in [3.05, 3.63) is 34.3 Å². The molecular weight excluding hydrogens is 276 g/mol. The first-order chi connectivity index (χ1) is 8.15. The average molecular weight is 297 g/mol. The fourth-order valence-electron chi connectivity index (χ4n) is 2.33. The third kappa shape index (κ3) is 3.80. The minimum atomic E-state index is 0.635. The van der Waals surface area contributed by atoms with E-state index in [2.05, 4.69) is 64.3 Å². The van der Waals surface area contributed by atoms with Crippen molar-refractivity contribution >= 4 is 15.9 Å². The summed E-state index contributed by atoms with van der Waals surface area (Å²) in [6.07, 6.45) is 0. The molecule has 0 spiro atoms. The summed E-state index contributed by atoms with van der Waals surface area (Å²) < 4.78 is 1.17. The molecule has 94 valence electrons. The lowest BCUT2D eigenvalue weighted by Gasteiger charge is -2.35. The number of piperazine rings is 1. The maximum Gasteiger partial charge on any atom is 0.0235 e. The molecule has 1 aromatic carbocycles. The normalized spacial score (nSPS) is 22.0. The molecule has 0 radical (unpaired) electrons. The lowest BCUT2D eigenvalue weighted by atomic mass is 10.0. The number of rotatable bonds is 3. The Balaban J connectivity index is 1.94. The predicted octanol–water partition coefficient (Wildman–Crippen LogP) is 2.88. The molecule has 1 heterocycles. The van der Waals surface area contributed by atoms with Gasteiger partial charge >= 0.3 is 0 Å². The molecule has 0 bridgehead atoms. The van der Waals surface area contributed by atoms with Gasteiger partial charge in [-0.05, 0) is 23.6 Å². The van der Waals surface area contributed by atoms with Crippen LogP contribution >= 0.6 is 15.9 Å². The molecule has 0 aromatic heterocycles. The molecule has 1 saturated heterocycles. The standard InChI is InChI=1S/C14H21BrN2/c1-11(2)14-10-17(7-6-16-14)9-12-4-3-5-13(15)8-12/h3-5,8,11,14,16H,6-7,9-10H2,1-2H3. The van der Waals surface area contributed by atoms with E-state index >= 15 is 0 Å². The van der Waals surface area contributed by atoms with Crippen LogP contribution in [0.2, 0.25) is 0 Å². The van der Waals surface area contributed by atoms with Crippen LogP contribution in [0.5, 0.6) is 0 Å². The Hall–Kier alpha value is -0.380. The van der Waals surface area contributed by atoms with Crippen LogP contribution in [0, 0.1) is 5.92 Å². The molecule has 1 unspecified atom stereocenters. The van der Waals surface area contributed by atoms with Gasteiger partial charge in [0, 0.05) is 36.7 Å². The van der Waals surface area contributed by atoms with Crippen LogP contribution < -0.4 is 5.32 Å². The Morgan fingerprint density at radius 2 is 2.29 bits per heavy atom. The quantitative estimate of drug-likeness (QED) is 0.923. The van der Waals surface area contributed by atoms with Crippen LogP contribution in [0.25, 0.3) is 0 Å². The highest BCUT2D eigenvalue weighted by molar-refractivity contribution is 9.10. The summed E-state index contributed by atoms with van der Waals surface area (Å²) in [5.41, 5.74) is 1.39. The van der Waals surface area contributed by atoms with E-state index in [4.69, 9.17) is 0 Å². The van der Waals surface area contributed by atoms with Gasteiger partial charge in [-0.2, -0.15) is 0 Å². The first-order valence-corrected chi connectivity index (χ1v) is 7.14.